The van der Waals surface area contributed by atoms with Crippen molar-refractivity contribution in [3.63, 3.8) is 0 Å². The summed E-state index contributed by atoms with van der Waals surface area (Å²) < 4.78 is 11.0. The zero-order chi connectivity index (χ0) is 13.9. The van der Waals surface area contributed by atoms with Crippen LogP contribution in [0.25, 0.3) is 0 Å². The third-order valence-corrected chi connectivity index (χ3v) is 3.78. The number of methoxy groups -OCH3 is 1. The Balaban J connectivity index is 2.03. The average Bonchev–Trinajstić information content (AvgIpc) is 2.74. The summed E-state index contributed by atoms with van der Waals surface area (Å²) in [6, 6.07) is 8.68. The van der Waals surface area contributed by atoms with E-state index in [0.717, 1.165) is 25.2 Å². The Morgan fingerprint density at radius 2 is 2.11 bits per heavy atom. The lowest BCUT2D eigenvalue weighted by atomic mass is 9.92. The molecule has 0 spiro atoms. The van der Waals surface area contributed by atoms with Crippen LogP contribution in [-0.2, 0) is 11.2 Å². The van der Waals surface area contributed by atoms with Gasteiger partial charge in [0.05, 0.1) is 13.2 Å². The fraction of sp³-hybridized carbons (Fsp3) is 0.625. The zero-order valence-corrected chi connectivity index (χ0v) is 12.4. The predicted molar refractivity (Wildman–Crippen MR) is 77.7 cm³/mol. The lowest BCUT2D eigenvalue weighted by Gasteiger charge is -2.32. The number of para-hydroxylation sites is 1. The molecule has 0 amide bonds. The van der Waals surface area contributed by atoms with E-state index in [1.54, 1.807) is 7.11 Å². The topological polar surface area (TPSA) is 30.5 Å². The smallest absolute Gasteiger partial charge is 0.122 e. The summed E-state index contributed by atoms with van der Waals surface area (Å²) in [6.07, 6.45) is 2.34. The van der Waals surface area contributed by atoms with Gasteiger partial charge in [0.25, 0.3) is 0 Å². The molecule has 0 bridgehead atoms. The molecule has 0 radical (unpaired) electrons. The Bertz CT molecular complexity index is 417. The molecular formula is C16H25NO2. The monoisotopic (exact) mass is 263 g/mol. The quantitative estimate of drug-likeness (QED) is 0.886. The van der Waals surface area contributed by atoms with Crippen LogP contribution in [0.2, 0.25) is 0 Å². The summed E-state index contributed by atoms with van der Waals surface area (Å²) in [5, 5.41) is 3.72. The average molecular weight is 263 g/mol. The van der Waals surface area contributed by atoms with E-state index in [2.05, 4.69) is 38.2 Å². The maximum atomic E-state index is 5.62. The minimum absolute atomic E-state index is 0.0290. The van der Waals surface area contributed by atoms with Crippen molar-refractivity contribution in [2.24, 2.45) is 0 Å². The van der Waals surface area contributed by atoms with Crippen molar-refractivity contribution in [1.29, 1.82) is 0 Å². The van der Waals surface area contributed by atoms with Crippen molar-refractivity contribution in [1.82, 2.24) is 5.32 Å². The highest BCUT2D eigenvalue weighted by atomic mass is 16.5. The second kappa shape index (κ2) is 5.93. The van der Waals surface area contributed by atoms with Gasteiger partial charge in [-0.2, -0.15) is 0 Å². The van der Waals surface area contributed by atoms with Crippen LogP contribution < -0.4 is 10.1 Å². The molecule has 1 aliphatic heterocycles. The van der Waals surface area contributed by atoms with Gasteiger partial charge in [-0.3, -0.25) is 0 Å². The van der Waals surface area contributed by atoms with Crippen molar-refractivity contribution in [3.05, 3.63) is 29.8 Å². The fourth-order valence-electron chi connectivity index (χ4n) is 2.80. The largest absolute Gasteiger partial charge is 0.496 e. The molecule has 2 rings (SSSR count). The van der Waals surface area contributed by atoms with Crippen LogP contribution in [-0.4, -0.2) is 31.4 Å². The summed E-state index contributed by atoms with van der Waals surface area (Å²) in [7, 11) is 1.73. The van der Waals surface area contributed by atoms with Gasteiger partial charge < -0.3 is 14.8 Å². The Morgan fingerprint density at radius 3 is 2.74 bits per heavy atom. The molecule has 1 aromatic carbocycles. The molecule has 0 unspecified atom stereocenters. The number of hydrogen-bond donors (Lipinski definition) is 1. The lowest BCUT2D eigenvalue weighted by Crippen LogP contribution is -2.49. The molecule has 0 aliphatic carbocycles. The molecule has 0 aromatic heterocycles. The summed E-state index contributed by atoms with van der Waals surface area (Å²) >= 11 is 0. The van der Waals surface area contributed by atoms with E-state index in [0.29, 0.717) is 12.1 Å². The standard InChI is InChI=1S/C16H25NO2/c1-12-14(9-10-19-12)17-16(2,3)11-13-7-5-6-8-15(13)18-4/h5-8,12,14,17H,9-11H2,1-4H3/t12-,14+/m1/s1. The minimum Gasteiger partial charge on any atom is -0.496 e. The van der Waals surface area contributed by atoms with E-state index < -0.39 is 0 Å². The highest BCUT2D eigenvalue weighted by Gasteiger charge is 2.30. The summed E-state index contributed by atoms with van der Waals surface area (Å²) in [4.78, 5) is 0. The van der Waals surface area contributed by atoms with Gasteiger partial charge in [-0.05, 0) is 45.2 Å². The Hall–Kier alpha value is -1.06. The fourth-order valence-corrected chi connectivity index (χ4v) is 2.80. The summed E-state index contributed by atoms with van der Waals surface area (Å²) in [5.41, 5.74) is 1.27. The van der Waals surface area contributed by atoms with Gasteiger partial charge in [0.2, 0.25) is 0 Å². The molecule has 3 heteroatoms. The zero-order valence-electron chi connectivity index (χ0n) is 12.4. The van der Waals surface area contributed by atoms with E-state index in [-0.39, 0.29) is 5.54 Å². The van der Waals surface area contributed by atoms with Gasteiger partial charge in [0, 0.05) is 18.2 Å². The first kappa shape index (κ1) is 14.4. The first-order valence-corrected chi connectivity index (χ1v) is 7.03. The number of nitrogens with one attached hydrogen (secondary N) is 1. The molecule has 0 saturated carbocycles. The number of benzene rings is 1. The van der Waals surface area contributed by atoms with E-state index in [1.807, 2.05) is 12.1 Å². The molecule has 1 aromatic rings. The van der Waals surface area contributed by atoms with Crippen molar-refractivity contribution in [3.8, 4) is 5.75 Å². The van der Waals surface area contributed by atoms with Gasteiger partial charge in [-0.15, -0.1) is 0 Å². The van der Waals surface area contributed by atoms with Gasteiger partial charge in [-0.25, -0.2) is 0 Å². The molecule has 1 N–H and O–H groups in total. The van der Waals surface area contributed by atoms with Gasteiger partial charge in [-0.1, -0.05) is 18.2 Å². The maximum Gasteiger partial charge on any atom is 0.122 e. The van der Waals surface area contributed by atoms with Crippen LogP contribution in [0.3, 0.4) is 0 Å². The highest BCUT2D eigenvalue weighted by Crippen LogP contribution is 2.24. The van der Waals surface area contributed by atoms with E-state index in [1.165, 1.54) is 5.56 Å². The maximum absolute atomic E-state index is 5.62. The summed E-state index contributed by atoms with van der Waals surface area (Å²) in [6.45, 7) is 7.49. The SMILES string of the molecule is COc1ccccc1CC(C)(C)N[C@H]1CCO[C@@H]1C. The summed E-state index contributed by atoms with van der Waals surface area (Å²) in [5.74, 6) is 0.966. The molecule has 19 heavy (non-hydrogen) atoms. The third-order valence-electron chi connectivity index (χ3n) is 3.78. The number of ether oxygens (including phenoxy) is 2. The second-order valence-electron chi connectivity index (χ2n) is 5.99. The Kier molecular flexibility index (Phi) is 4.48. The van der Waals surface area contributed by atoms with Gasteiger partial charge in [0.15, 0.2) is 0 Å². The van der Waals surface area contributed by atoms with Crippen LogP contribution >= 0.6 is 0 Å². The van der Waals surface area contributed by atoms with Crippen LogP contribution in [0.4, 0.5) is 0 Å². The van der Waals surface area contributed by atoms with Crippen LogP contribution in [0.15, 0.2) is 24.3 Å². The van der Waals surface area contributed by atoms with E-state index in [4.69, 9.17) is 9.47 Å². The van der Waals surface area contributed by atoms with Crippen molar-refractivity contribution in [2.75, 3.05) is 13.7 Å². The Morgan fingerprint density at radius 1 is 1.37 bits per heavy atom. The van der Waals surface area contributed by atoms with E-state index in [9.17, 15) is 0 Å². The second-order valence-corrected chi connectivity index (χ2v) is 5.99. The lowest BCUT2D eigenvalue weighted by molar-refractivity contribution is 0.106. The molecule has 1 heterocycles. The normalized spacial score (nSPS) is 23.6. The van der Waals surface area contributed by atoms with Gasteiger partial charge in [0.1, 0.15) is 5.75 Å². The number of hydrogen-bond acceptors (Lipinski definition) is 3. The minimum atomic E-state index is 0.0290. The molecule has 1 aliphatic rings. The molecule has 2 atom stereocenters. The third kappa shape index (κ3) is 3.71. The highest BCUT2D eigenvalue weighted by molar-refractivity contribution is 5.34. The first-order valence-electron chi connectivity index (χ1n) is 7.03. The van der Waals surface area contributed by atoms with Crippen LogP contribution in [0.5, 0.6) is 5.75 Å². The first-order chi connectivity index (χ1) is 9.02. The predicted octanol–water partition coefficient (Wildman–Crippen LogP) is 2.78. The molecule has 1 saturated heterocycles. The molecule has 3 nitrogen and oxygen atoms in total. The van der Waals surface area contributed by atoms with Gasteiger partial charge >= 0.3 is 0 Å². The van der Waals surface area contributed by atoms with Crippen molar-refractivity contribution < 1.29 is 9.47 Å². The Labute approximate surface area is 116 Å². The van der Waals surface area contributed by atoms with E-state index >= 15 is 0 Å². The van der Waals surface area contributed by atoms with Crippen molar-refractivity contribution in [2.45, 2.75) is 51.3 Å². The molecule has 106 valence electrons. The molecular weight excluding hydrogens is 238 g/mol. The van der Waals surface area contributed by atoms with Crippen LogP contribution in [0.1, 0.15) is 32.8 Å². The van der Waals surface area contributed by atoms with Crippen LogP contribution in [0, 0.1) is 0 Å². The van der Waals surface area contributed by atoms with Crippen molar-refractivity contribution >= 4 is 0 Å². The number of rotatable bonds is 5. The molecule has 1 fully saturated rings.